The van der Waals surface area contributed by atoms with Crippen LogP contribution in [0.4, 0.5) is 0 Å². The van der Waals surface area contributed by atoms with Gasteiger partial charge in [-0.05, 0) is 44.4 Å². The molecule has 2 fully saturated rings. The highest BCUT2D eigenvalue weighted by Gasteiger charge is 2.32. The van der Waals surface area contributed by atoms with E-state index in [-0.39, 0.29) is 6.04 Å². The van der Waals surface area contributed by atoms with Gasteiger partial charge in [-0.25, -0.2) is 0 Å². The van der Waals surface area contributed by atoms with E-state index in [0.29, 0.717) is 18.4 Å². The Balaban J connectivity index is 1.41. The van der Waals surface area contributed by atoms with Gasteiger partial charge in [0.15, 0.2) is 17.3 Å². The zero-order chi connectivity index (χ0) is 15.2. The van der Waals surface area contributed by atoms with Crippen LogP contribution in [0.5, 0.6) is 0 Å². The zero-order valence-electron chi connectivity index (χ0n) is 12.8. The molecule has 0 amide bonds. The van der Waals surface area contributed by atoms with E-state index in [1.165, 1.54) is 12.8 Å². The van der Waals surface area contributed by atoms with Gasteiger partial charge in [-0.1, -0.05) is 11.2 Å². The summed E-state index contributed by atoms with van der Waals surface area (Å²) in [4.78, 5) is 6.92. The number of nitrogens with zero attached hydrogens (tertiary/aromatic N) is 6. The largest absolute Gasteiger partial charge is 0.338 e. The normalized spacial score (nSPS) is 22.2. The molecule has 0 spiro atoms. The molecule has 0 aromatic carbocycles. The van der Waals surface area contributed by atoms with E-state index in [4.69, 9.17) is 4.52 Å². The second-order valence-electron chi connectivity index (χ2n) is 6.44. The maximum absolute atomic E-state index is 5.44. The minimum atomic E-state index is 0.253. The first-order chi connectivity index (χ1) is 11.4. The highest BCUT2D eigenvalue weighted by atomic mass is 16.5. The molecule has 5 rings (SSSR count). The van der Waals surface area contributed by atoms with Crippen LogP contribution in [-0.2, 0) is 6.54 Å². The molecule has 118 valence electrons. The van der Waals surface area contributed by atoms with Crippen molar-refractivity contribution in [3.05, 3.63) is 41.9 Å². The minimum absolute atomic E-state index is 0.253. The predicted molar refractivity (Wildman–Crippen MR) is 81.6 cm³/mol. The van der Waals surface area contributed by atoms with Gasteiger partial charge in [0.2, 0.25) is 5.89 Å². The third kappa shape index (κ3) is 2.31. The summed E-state index contributed by atoms with van der Waals surface area (Å²) in [5, 5.41) is 12.8. The van der Waals surface area contributed by atoms with E-state index >= 15 is 0 Å². The topological polar surface area (TPSA) is 72.3 Å². The van der Waals surface area contributed by atoms with Crippen LogP contribution in [0.15, 0.2) is 28.9 Å². The number of likely N-dealkylation sites (tertiary alicyclic amines) is 1. The van der Waals surface area contributed by atoms with Gasteiger partial charge in [-0.2, -0.15) is 4.98 Å². The summed E-state index contributed by atoms with van der Waals surface area (Å²) >= 11 is 0. The number of hydrogen-bond acceptors (Lipinski definition) is 6. The van der Waals surface area contributed by atoms with Crippen molar-refractivity contribution < 1.29 is 4.52 Å². The fourth-order valence-electron chi connectivity index (χ4n) is 3.41. The van der Waals surface area contributed by atoms with E-state index in [1.807, 2.05) is 24.4 Å². The lowest BCUT2D eigenvalue weighted by atomic mass is 10.2. The van der Waals surface area contributed by atoms with E-state index in [2.05, 4.69) is 29.6 Å². The number of pyridine rings is 1. The standard InChI is InChI=1S/C16H18N6O/c1-2-9-22-13(5-1)18-19-16(22)12-4-3-8-21(12)10-14-17-15(20-23-14)11-6-7-11/h1-2,5,9,11-12H,3-4,6-8,10H2/t12-/m1/s1. The Hall–Kier alpha value is -2.28. The highest BCUT2D eigenvalue weighted by Crippen LogP contribution is 2.38. The Labute approximate surface area is 133 Å². The van der Waals surface area contributed by atoms with Crippen molar-refractivity contribution in [2.45, 2.75) is 44.2 Å². The molecule has 1 atom stereocenters. The van der Waals surface area contributed by atoms with E-state index in [9.17, 15) is 0 Å². The summed E-state index contributed by atoms with van der Waals surface area (Å²) in [7, 11) is 0. The third-order valence-electron chi connectivity index (χ3n) is 4.77. The SMILES string of the molecule is c1ccn2c([C@H]3CCCN3Cc3nc(C4CC4)no3)nnc2c1. The van der Waals surface area contributed by atoms with Crippen LogP contribution in [-0.4, -0.2) is 36.2 Å². The van der Waals surface area contributed by atoms with Crippen molar-refractivity contribution in [3.8, 4) is 0 Å². The second kappa shape index (κ2) is 5.13. The van der Waals surface area contributed by atoms with Crippen LogP contribution in [0.3, 0.4) is 0 Å². The number of hydrogen-bond donors (Lipinski definition) is 0. The molecule has 1 saturated carbocycles. The molecule has 0 unspecified atom stereocenters. The Kier molecular flexibility index (Phi) is 2.94. The summed E-state index contributed by atoms with van der Waals surface area (Å²) in [6.07, 6.45) is 6.64. The molecule has 1 aliphatic carbocycles. The van der Waals surface area contributed by atoms with Crippen LogP contribution in [0.2, 0.25) is 0 Å². The summed E-state index contributed by atoms with van der Waals surface area (Å²) in [6.45, 7) is 1.71. The maximum Gasteiger partial charge on any atom is 0.240 e. The van der Waals surface area contributed by atoms with Gasteiger partial charge in [0.1, 0.15) is 0 Å². The Morgan fingerprint density at radius 1 is 1.17 bits per heavy atom. The van der Waals surface area contributed by atoms with Gasteiger partial charge in [-0.15, -0.1) is 10.2 Å². The van der Waals surface area contributed by atoms with Gasteiger partial charge in [0.25, 0.3) is 0 Å². The van der Waals surface area contributed by atoms with Crippen molar-refractivity contribution >= 4 is 5.65 Å². The fourth-order valence-corrected chi connectivity index (χ4v) is 3.41. The quantitative estimate of drug-likeness (QED) is 0.736. The van der Waals surface area contributed by atoms with Crippen LogP contribution < -0.4 is 0 Å². The lowest BCUT2D eigenvalue weighted by Crippen LogP contribution is -2.24. The number of fused-ring (bicyclic) bond motifs is 1. The molecule has 7 nitrogen and oxygen atoms in total. The molecule has 23 heavy (non-hydrogen) atoms. The summed E-state index contributed by atoms with van der Waals surface area (Å²) in [5.41, 5.74) is 0.892. The van der Waals surface area contributed by atoms with Crippen molar-refractivity contribution in [3.63, 3.8) is 0 Å². The second-order valence-corrected chi connectivity index (χ2v) is 6.44. The van der Waals surface area contributed by atoms with E-state index in [1.54, 1.807) is 0 Å². The molecule has 3 aromatic rings. The number of aromatic nitrogens is 5. The molecular weight excluding hydrogens is 292 g/mol. The first-order valence-electron chi connectivity index (χ1n) is 8.25. The average molecular weight is 310 g/mol. The Morgan fingerprint density at radius 2 is 2.13 bits per heavy atom. The van der Waals surface area contributed by atoms with Crippen LogP contribution in [0.25, 0.3) is 5.65 Å². The van der Waals surface area contributed by atoms with Crippen molar-refractivity contribution in [1.29, 1.82) is 0 Å². The highest BCUT2D eigenvalue weighted by molar-refractivity contribution is 5.37. The Morgan fingerprint density at radius 3 is 3.04 bits per heavy atom. The lowest BCUT2D eigenvalue weighted by molar-refractivity contribution is 0.205. The lowest BCUT2D eigenvalue weighted by Gasteiger charge is -2.21. The van der Waals surface area contributed by atoms with E-state index in [0.717, 1.165) is 36.7 Å². The van der Waals surface area contributed by atoms with Crippen LogP contribution >= 0.6 is 0 Å². The van der Waals surface area contributed by atoms with Gasteiger partial charge in [0, 0.05) is 12.1 Å². The molecule has 2 aliphatic rings. The number of rotatable bonds is 4. The molecule has 3 aromatic heterocycles. The van der Waals surface area contributed by atoms with Gasteiger partial charge >= 0.3 is 0 Å². The summed E-state index contributed by atoms with van der Waals surface area (Å²) < 4.78 is 7.51. The van der Waals surface area contributed by atoms with Crippen molar-refractivity contribution in [2.24, 2.45) is 0 Å². The Bertz CT molecular complexity index is 836. The first-order valence-corrected chi connectivity index (χ1v) is 8.25. The van der Waals surface area contributed by atoms with Crippen molar-refractivity contribution in [2.75, 3.05) is 6.54 Å². The minimum Gasteiger partial charge on any atom is -0.338 e. The fraction of sp³-hybridized carbons (Fsp3) is 0.500. The van der Waals surface area contributed by atoms with Crippen LogP contribution in [0, 0.1) is 0 Å². The molecule has 0 N–H and O–H groups in total. The van der Waals surface area contributed by atoms with Gasteiger partial charge in [-0.3, -0.25) is 9.30 Å². The first kappa shape index (κ1) is 13.2. The zero-order valence-corrected chi connectivity index (χ0v) is 12.8. The summed E-state index contributed by atoms with van der Waals surface area (Å²) in [6, 6.07) is 6.23. The van der Waals surface area contributed by atoms with Gasteiger partial charge in [0.05, 0.1) is 12.6 Å². The molecule has 0 radical (unpaired) electrons. The average Bonchev–Trinajstić information content (AvgIpc) is 2.99. The van der Waals surface area contributed by atoms with E-state index < -0.39 is 0 Å². The molecular formula is C16H18N6O. The molecule has 4 heterocycles. The maximum atomic E-state index is 5.44. The smallest absolute Gasteiger partial charge is 0.240 e. The molecule has 1 aliphatic heterocycles. The third-order valence-corrected chi connectivity index (χ3v) is 4.77. The molecule has 0 bridgehead atoms. The predicted octanol–water partition coefficient (Wildman–Crippen LogP) is 2.33. The summed E-state index contributed by atoms with van der Waals surface area (Å²) in [5.74, 6) is 3.12. The monoisotopic (exact) mass is 310 g/mol. The molecule has 7 heteroatoms. The van der Waals surface area contributed by atoms with Gasteiger partial charge < -0.3 is 4.52 Å². The van der Waals surface area contributed by atoms with Crippen molar-refractivity contribution in [1.82, 2.24) is 29.6 Å². The van der Waals surface area contributed by atoms with Crippen LogP contribution in [0.1, 0.15) is 55.2 Å². The molecule has 1 saturated heterocycles.